The first-order chi connectivity index (χ1) is 8.74. The smallest absolute Gasteiger partial charge is 0.394 e. The number of allylic oxidation sites excluding steroid dienone is 1. The molecule has 0 atom stereocenters. The molecule has 0 amide bonds. The molecule has 1 N–H and O–H groups in total. The summed E-state index contributed by atoms with van der Waals surface area (Å²) in [6, 6.07) is 0.913. The van der Waals surface area contributed by atoms with Gasteiger partial charge >= 0.3 is 8.80 Å². The molecule has 0 fully saturated rings. The molecule has 0 radical (unpaired) electrons. The molecule has 0 aromatic carbocycles. The Kier molecular flexibility index (Phi) is 11.5. The molecule has 0 unspecified atom stereocenters. The van der Waals surface area contributed by atoms with Crippen LogP contribution in [0.2, 0.25) is 6.04 Å². The van der Waals surface area contributed by atoms with Gasteiger partial charge < -0.3 is 18.6 Å². The largest absolute Gasteiger partial charge is 0.500 e. The third-order valence-corrected chi connectivity index (χ3v) is 5.63. The van der Waals surface area contributed by atoms with Gasteiger partial charge in [-0.2, -0.15) is 0 Å². The van der Waals surface area contributed by atoms with Crippen LogP contribution in [0.25, 0.3) is 0 Å². The van der Waals surface area contributed by atoms with Gasteiger partial charge in [-0.05, 0) is 46.2 Å². The quantitative estimate of drug-likeness (QED) is 0.439. The Morgan fingerprint density at radius 1 is 0.944 bits per heavy atom. The number of nitrogens with one attached hydrogen (secondary N) is 1. The maximum Gasteiger partial charge on any atom is 0.500 e. The Bertz CT molecular complexity index is 195. The van der Waals surface area contributed by atoms with Gasteiger partial charge in [0.05, 0.1) is 0 Å². The highest BCUT2D eigenvalue weighted by Crippen LogP contribution is 2.19. The van der Waals surface area contributed by atoms with Gasteiger partial charge in [-0.3, -0.25) is 0 Å². The molecule has 0 heterocycles. The first kappa shape index (κ1) is 17.6. The minimum atomic E-state index is -2.40. The van der Waals surface area contributed by atoms with Crippen LogP contribution in [0.3, 0.4) is 0 Å². The Balaban J connectivity index is 4.08. The summed E-state index contributed by atoms with van der Waals surface area (Å²) in [6.45, 7) is 7.96. The lowest BCUT2D eigenvalue weighted by atomic mass is 10.2. The molecule has 0 aliphatic heterocycles. The van der Waals surface area contributed by atoms with Crippen molar-refractivity contribution in [2.75, 3.05) is 26.9 Å². The molecule has 0 saturated carbocycles. The van der Waals surface area contributed by atoms with E-state index in [0.717, 1.165) is 25.3 Å². The zero-order valence-corrected chi connectivity index (χ0v) is 13.3. The summed E-state index contributed by atoms with van der Waals surface area (Å²) in [5.41, 5.74) is 0. The third-order valence-electron chi connectivity index (χ3n) is 2.48. The van der Waals surface area contributed by atoms with E-state index in [1.165, 1.54) is 0 Å². The molecule has 18 heavy (non-hydrogen) atoms. The first-order valence-corrected chi connectivity index (χ1v) is 8.92. The van der Waals surface area contributed by atoms with Crippen molar-refractivity contribution in [3.63, 3.8) is 0 Å². The van der Waals surface area contributed by atoms with Crippen LogP contribution in [0.4, 0.5) is 0 Å². The van der Waals surface area contributed by atoms with Crippen LogP contribution >= 0.6 is 0 Å². The van der Waals surface area contributed by atoms with Crippen LogP contribution in [0.5, 0.6) is 0 Å². The van der Waals surface area contributed by atoms with Crippen molar-refractivity contribution in [1.29, 1.82) is 0 Å². The molecule has 0 aliphatic carbocycles. The van der Waals surface area contributed by atoms with Crippen LogP contribution in [0.1, 0.15) is 40.0 Å². The second kappa shape index (κ2) is 11.7. The van der Waals surface area contributed by atoms with Gasteiger partial charge in [0.1, 0.15) is 0 Å². The molecule has 0 saturated heterocycles. The van der Waals surface area contributed by atoms with Gasteiger partial charge in [-0.1, -0.05) is 6.08 Å². The van der Waals surface area contributed by atoms with Crippen LogP contribution in [-0.2, 0) is 13.3 Å². The van der Waals surface area contributed by atoms with Crippen molar-refractivity contribution >= 4 is 8.80 Å². The summed E-state index contributed by atoms with van der Waals surface area (Å²) in [4.78, 5) is 0. The minimum Gasteiger partial charge on any atom is -0.394 e. The summed E-state index contributed by atoms with van der Waals surface area (Å²) in [5.74, 6) is 0. The predicted octanol–water partition coefficient (Wildman–Crippen LogP) is 2.94. The van der Waals surface area contributed by atoms with Crippen LogP contribution in [0.15, 0.2) is 12.3 Å². The lowest BCUT2D eigenvalue weighted by Crippen LogP contribution is -2.45. The van der Waals surface area contributed by atoms with Crippen molar-refractivity contribution in [2.24, 2.45) is 0 Å². The average molecular weight is 275 g/mol. The fourth-order valence-electron chi connectivity index (χ4n) is 1.81. The second-order valence-electron chi connectivity index (χ2n) is 3.92. The SMILES string of the molecule is CCO[Si](CCCCC=CNC)(OCC)OCC. The highest BCUT2D eigenvalue weighted by atomic mass is 28.4. The van der Waals surface area contributed by atoms with Crippen molar-refractivity contribution in [3.05, 3.63) is 12.3 Å². The zero-order valence-electron chi connectivity index (χ0n) is 12.3. The van der Waals surface area contributed by atoms with E-state index in [4.69, 9.17) is 13.3 Å². The van der Waals surface area contributed by atoms with Gasteiger partial charge in [0.15, 0.2) is 0 Å². The highest BCUT2D eigenvalue weighted by molar-refractivity contribution is 6.60. The van der Waals surface area contributed by atoms with Gasteiger partial charge in [-0.15, -0.1) is 0 Å². The minimum absolute atomic E-state index is 0.659. The lowest BCUT2D eigenvalue weighted by molar-refractivity contribution is 0.0707. The van der Waals surface area contributed by atoms with Gasteiger partial charge in [-0.25, -0.2) is 0 Å². The van der Waals surface area contributed by atoms with E-state index < -0.39 is 8.80 Å². The summed E-state index contributed by atoms with van der Waals surface area (Å²) in [5, 5.41) is 2.99. The lowest BCUT2D eigenvalue weighted by Gasteiger charge is -2.28. The summed E-state index contributed by atoms with van der Waals surface area (Å²) in [7, 11) is -0.493. The van der Waals surface area contributed by atoms with E-state index in [2.05, 4.69) is 11.4 Å². The molecule has 5 heteroatoms. The molecule has 0 rings (SSSR count). The molecular formula is C13H29NO3Si. The Morgan fingerprint density at radius 3 is 1.94 bits per heavy atom. The molecule has 0 aromatic heterocycles. The summed E-state index contributed by atoms with van der Waals surface area (Å²) >= 11 is 0. The standard InChI is InChI=1S/C13H29NO3Si/c1-5-15-18(16-6-2,17-7-3)13-11-9-8-10-12-14-4/h10,12,14H,5-9,11,13H2,1-4H3. The zero-order chi connectivity index (χ0) is 13.7. The second-order valence-corrected chi connectivity index (χ2v) is 6.65. The predicted molar refractivity (Wildman–Crippen MR) is 77.5 cm³/mol. The molecule has 0 bridgehead atoms. The molecule has 0 aliphatic rings. The Labute approximate surface area is 113 Å². The van der Waals surface area contributed by atoms with Crippen molar-refractivity contribution in [2.45, 2.75) is 46.1 Å². The third kappa shape index (κ3) is 7.87. The maximum absolute atomic E-state index is 5.80. The number of rotatable bonds is 12. The molecule has 4 nitrogen and oxygen atoms in total. The maximum atomic E-state index is 5.80. The topological polar surface area (TPSA) is 39.7 Å². The Morgan fingerprint density at radius 2 is 1.50 bits per heavy atom. The van der Waals surface area contributed by atoms with Gasteiger partial charge in [0.25, 0.3) is 0 Å². The van der Waals surface area contributed by atoms with Crippen LogP contribution in [0, 0.1) is 0 Å². The average Bonchev–Trinajstić information content (AvgIpc) is 2.35. The van der Waals surface area contributed by atoms with Crippen molar-refractivity contribution < 1.29 is 13.3 Å². The summed E-state index contributed by atoms with van der Waals surface area (Å²) in [6.07, 6.45) is 7.42. The first-order valence-electron chi connectivity index (χ1n) is 6.98. The molecule has 108 valence electrons. The normalized spacial score (nSPS) is 12.2. The summed E-state index contributed by atoms with van der Waals surface area (Å²) < 4.78 is 17.4. The molecule has 0 aromatic rings. The fourth-order valence-corrected chi connectivity index (χ4v) is 4.49. The molecule has 0 spiro atoms. The Hall–Kier alpha value is -0.363. The highest BCUT2D eigenvalue weighted by Gasteiger charge is 2.39. The van der Waals surface area contributed by atoms with Crippen LogP contribution in [-0.4, -0.2) is 35.7 Å². The van der Waals surface area contributed by atoms with Crippen molar-refractivity contribution in [1.82, 2.24) is 5.32 Å². The van der Waals surface area contributed by atoms with Gasteiger partial charge in [0, 0.05) is 32.9 Å². The van der Waals surface area contributed by atoms with E-state index in [1.54, 1.807) is 0 Å². The number of hydrogen-bond donors (Lipinski definition) is 1. The van der Waals surface area contributed by atoms with Crippen LogP contribution < -0.4 is 5.32 Å². The number of hydrogen-bond acceptors (Lipinski definition) is 4. The van der Waals surface area contributed by atoms with E-state index in [9.17, 15) is 0 Å². The monoisotopic (exact) mass is 275 g/mol. The van der Waals surface area contributed by atoms with E-state index in [-0.39, 0.29) is 0 Å². The fraction of sp³-hybridized carbons (Fsp3) is 0.846. The molecular weight excluding hydrogens is 246 g/mol. The number of unbranched alkanes of at least 4 members (excludes halogenated alkanes) is 2. The van der Waals surface area contributed by atoms with Gasteiger partial charge in [0.2, 0.25) is 0 Å². The van der Waals surface area contributed by atoms with Crippen molar-refractivity contribution in [3.8, 4) is 0 Å². The van der Waals surface area contributed by atoms with E-state index in [0.29, 0.717) is 19.8 Å². The van der Waals surface area contributed by atoms with E-state index in [1.807, 2.05) is 34.0 Å². The van der Waals surface area contributed by atoms with E-state index >= 15 is 0 Å².